The van der Waals surface area contributed by atoms with E-state index in [4.69, 9.17) is 5.73 Å². The molecule has 0 spiro atoms. The van der Waals surface area contributed by atoms with Crippen LogP contribution in [0, 0.1) is 11.8 Å². The monoisotopic (exact) mass is 238 g/mol. The maximum Gasteiger partial charge on any atom is 0.0138 e. The summed E-state index contributed by atoms with van der Waals surface area (Å²) in [6.07, 6.45) is 9.76. The average Bonchev–Trinajstić information content (AvgIpc) is 2.54. The number of hydrogen-bond donors (Lipinski definition) is 1. The Bertz CT molecular complexity index is 229. The standard InChI is InChI=1S/C15H30N2/c1-12-8-9-17(13(2)10-12)15-7-5-3-4-6-14(15)11-16/h12-15H,3-11,16H2,1-2H3. The van der Waals surface area contributed by atoms with Gasteiger partial charge in [0.25, 0.3) is 0 Å². The van der Waals surface area contributed by atoms with E-state index in [9.17, 15) is 0 Å². The van der Waals surface area contributed by atoms with Gasteiger partial charge in [0.15, 0.2) is 0 Å². The number of piperidine rings is 1. The maximum absolute atomic E-state index is 6.02. The summed E-state index contributed by atoms with van der Waals surface area (Å²) in [6.45, 7) is 7.03. The molecule has 2 heteroatoms. The molecule has 0 aromatic rings. The van der Waals surface area contributed by atoms with Gasteiger partial charge in [-0.15, -0.1) is 0 Å². The summed E-state index contributed by atoms with van der Waals surface area (Å²) in [5.41, 5.74) is 6.02. The normalized spacial score (nSPS) is 41.1. The fourth-order valence-electron chi connectivity index (χ4n) is 3.99. The van der Waals surface area contributed by atoms with Crippen LogP contribution >= 0.6 is 0 Å². The van der Waals surface area contributed by atoms with Gasteiger partial charge in [-0.25, -0.2) is 0 Å². The fraction of sp³-hybridized carbons (Fsp3) is 1.00. The molecular formula is C15H30N2. The largest absolute Gasteiger partial charge is 0.330 e. The number of rotatable bonds is 2. The van der Waals surface area contributed by atoms with Crippen molar-refractivity contribution in [1.29, 1.82) is 0 Å². The Hall–Kier alpha value is -0.0800. The SMILES string of the molecule is CC1CCN(C2CCCCCC2CN)C(C)C1. The summed E-state index contributed by atoms with van der Waals surface area (Å²) < 4.78 is 0. The first-order valence-electron chi connectivity index (χ1n) is 7.68. The predicted molar refractivity (Wildman–Crippen MR) is 74.0 cm³/mol. The van der Waals surface area contributed by atoms with E-state index in [1.165, 1.54) is 51.5 Å². The van der Waals surface area contributed by atoms with Gasteiger partial charge in [0.05, 0.1) is 0 Å². The third-order valence-electron chi connectivity index (χ3n) is 5.04. The van der Waals surface area contributed by atoms with E-state index >= 15 is 0 Å². The van der Waals surface area contributed by atoms with Crippen molar-refractivity contribution in [2.45, 2.75) is 70.9 Å². The molecule has 4 atom stereocenters. The molecule has 2 rings (SSSR count). The van der Waals surface area contributed by atoms with Crippen molar-refractivity contribution in [3.05, 3.63) is 0 Å². The summed E-state index contributed by atoms with van der Waals surface area (Å²) in [7, 11) is 0. The lowest BCUT2D eigenvalue weighted by Crippen LogP contribution is -2.50. The van der Waals surface area contributed by atoms with Crippen LogP contribution in [0.1, 0.15) is 58.8 Å². The maximum atomic E-state index is 6.02. The number of nitrogens with two attached hydrogens (primary N) is 1. The first-order chi connectivity index (χ1) is 8.22. The second kappa shape index (κ2) is 6.19. The highest BCUT2D eigenvalue weighted by Crippen LogP contribution is 2.32. The molecule has 100 valence electrons. The van der Waals surface area contributed by atoms with Gasteiger partial charge in [-0.05, 0) is 57.5 Å². The third kappa shape index (κ3) is 3.23. The molecular weight excluding hydrogens is 208 g/mol. The van der Waals surface area contributed by atoms with Crippen LogP contribution in [0.15, 0.2) is 0 Å². The zero-order valence-electron chi connectivity index (χ0n) is 11.7. The minimum absolute atomic E-state index is 0.758. The van der Waals surface area contributed by atoms with Gasteiger partial charge in [0.1, 0.15) is 0 Å². The Morgan fingerprint density at radius 2 is 1.82 bits per heavy atom. The molecule has 1 saturated carbocycles. The van der Waals surface area contributed by atoms with E-state index in [2.05, 4.69) is 18.7 Å². The zero-order chi connectivity index (χ0) is 12.3. The highest BCUT2D eigenvalue weighted by molar-refractivity contribution is 4.88. The van der Waals surface area contributed by atoms with Gasteiger partial charge in [-0.3, -0.25) is 4.90 Å². The van der Waals surface area contributed by atoms with E-state index in [0.717, 1.165) is 30.5 Å². The van der Waals surface area contributed by atoms with Crippen molar-refractivity contribution in [2.24, 2.45) is 17.6 Å². The van der Waals surface area contributed by atoms with Crippen LogP contribution in [0.5, 0.6) is 0 Å². The van der Waals surface area contributed by atoms with E-state index in [1.54, 1.807) is 0 Å². The summed E-state index contributed by atoms with van der Waals surface area (Å²) >= 11 is 0. The molecule has 0 aromatic heterocycles. The Kier molecular flexibility index (Phi) is 4.87. The van der Waals surface area contributed by atoms with Crippen molar-refractivity contribution in [2.75, 3.05) is 13.1 Å². The van der Waals surface area contributed by atoms with Gasteiger partial charge in [-0.1, -0.05) is 26.2 Å². The molecule has 0 radical (unpaired) electrons. The molecule has 2 fully saturated rings. The van der Waals surface area contributed by atoms with Gasteiger partial charge in [0, 0.05) is 12.1 Å². The predicted octanol–water partition coefficient (Wildman–Crippen LogP) is 3.01. The average molecular weight is 238 g/mol. The highest BCUT2D eigenvalue weighted by atomic mass is 15.2. The summed E-state index contributed by atoms with van der Waals surface area (Å²) in [5, 5.41) is 0. The smallest absolute Gasteiger partial charge is 0.0138 e. The van der Waals surface area contributed by atoms with Gasteiger partial charge in [-0.2, -0.15) is 0 Å². The molecule has 0 bridgehead atoms. The molecule has 1 aliphatic carbocycles. The molecule has 4 unspecified atom stereocenters. The van der Waals surface area contributed by atoms with Crippen molar-refractivity contribution in [3.8, 4) is 0 Å². The molecule has 2 aliphatic rings. The van der Waals surface area contributed by atoms with Crippen molar-refractivity contribution in [3.63, 3.8) is 0 Å². The Morgan fingerprint density at radius 1 is 1.06 bits per heavy atom. The van der Waals surface area contributed by atoms with Crippen LogP contribution in [-0.4, -0.2) is 30.1 Å². The molecule has 0 aromatic carbocycles. The fourth-order valence-corrected chi connectivity index (χ4v) is 3.99. The van der Waals surface area contributed by atoms with E-state index in [-0.39, 0.29) is 0 Å². The van der Waals surface area contributed by atoms with Crippen LogP contribution in [0.2, 0.25) is 0 Å². The number of nitrogens with zero attached hydrogens (tertiary/aromatic N) is 1. The number of hydrogen-bond acceptors (Lipinski definition) is 2. The minimum Gasteiger partial charge on any atom is -0.330 e. The lowest BCUT2D eigenvalue weighted by Gasteiger charge is -2.44. The first-order valence-corrected chi connectivity index (χ1v) is 7.68. The van der Waals surface area contributed by atoms with Crippen molar-refractivity contribution in [1.82, 2.24) is 4.90 Å². The highest BCUT2D eigenvalue weighted by Gasteiger charge is 2.33. The Morgan fingerprint density at radius 3 is 2.53 bits per heavy atom. The summed E-state index contributed by atoms with van der Waals surface area (Å²) in [5.74, 6) is 1.68. The second-order valence-corrected chi connectivity index (χ2v) is 6.42. The third-order valence-corrected chi connectivity index (χ3v) is 5.04. The van der Waals surface area contributed by atoms with Crippen LogP contribution < -0.4 is 5.73 Å². The molecule has 1 saturated heterocycles. The van der Waals surface area contributed by atoms with Crippen LogP contribution in [0.25, 0.3) is 0 Å². The Labute approximate surface area is 107 Å². The minimum atomic E-state index is 0.758. The number of likely N-dealkylation sites (tertiary alicyclic amines) is 1. The van der Waals surface area contributed by atoms with Crippen LogP contribution in [0.3, 0.4) is 0 Å². The van der Waals surface area contributed by atoms with Gasteiger partial charge >= 0.3 is 0 Å². The molecule has 1 aliphatic heterocycles. The second-order valence-electron chi connectivity index (χ2n) is 6.42. The Balaban J connectivity index is 2.02. The molecule has 17 heavy (non-hydrogen) atoms. The van der Waals surface area contributed by atoms with Crippen molar-refractivity contribution < 1.29 is 0 Å². The molecule has 0 amide bonds. The lowest BCUT2D eigenvalue weighted by molar-refractivity contribution is 0.0492. The molecule has 2 N–H and O–H groups in total. The van der Waals surface area contributed by atoms with E-state index in [0.29, 0.717) is 0 Å². The van der Waals surface area contributed by atoms with Crippen LogP contribution in [-0.2, 0) is 0 Å². The first kappa shape index (κ1) is 13.4. The zero-order valence-corrected chi connectivity index (χ0v) is 11.7. The van der Waals surface area contributed by atoms with E-state index in [1.807, 2.05) is 0 Å². The molecule has 1 heterocycles. The topological polar surface area (TPSA) is 29.3 Å². The summed E-state index contributed by atoms with van der Waals surface area (Å²) in [6, 6.07) is 1.56. The van der Waals surface area contributed by atoms with E-state index < -0.39 is 0 Å². The quantitative estimate of drug-likeness (QED) is 0.749. The van der Waals surface area contributed by atoms with Crippen LogP contribution in [0.4, 0.5) is 0 Å². The van der Waals surface area contributed by atoms with Crippen molar-refractivity contribution >= 4 is 0 Å². The molecule has 2 nitrogen and oxygen atoms in total. The summed E-state index contributed by atoms with van der Waals surface area (Å²) in [4.78, 5) is 2.79. The lowest BCUT2D eigenvalue weighted by atomic mass is 9.87. The van der Waals surface area contributed by atoms with Gasteiger partial charge < -0.3 is 5.73 Å². The van der Waals surface area contributed by atoms with Gasteiger partial charge in [0.2, 0.25) is 0 Å².